The molecular formula is C21H17Cl2FN2O. The van der Waals surface area contributed by atoms with Crippen molar-refractivity contribution in [1.29, 1.82) is 0 Å². The van der Waals surface area contributed by atoms with Crippen LogP contribution in [0.25, 0.3) is 0 Å². The summed E-state index contributed by atoms with van der Waals surface area (Å²) in [5, 5.41) is 1.00. The highest BCUT2D eigenvalue weighted by molar-refractivity contribution is 6.30. The molecule has 0 atom stereocenters. The van der Waals surface area contributed by atoms with E-state index in [4.69, 9.17) is 27.9 Å². The van der Waals surface area contributed by atoms with E-state index in [1.165, 1.54) is 11.6 Å². The van der Waals surface area contributed by atoms with Crippen LogP contribution in [-0.4, -0.2) is 11.5 Å². The van der Waals surface area contributed by atoms with Gasteiger partial charge in [-0.25, -0.2) is 4.39 Å². The quantitative estimate of drug-likeness (QED) is 0.549. The normalized spacial score (nSPS) is 12.9. The summed E-state index contributed by atoms with van der Waals surface area (Å²) in [6, 6.07) is 12.1. The minimum atomic E-state index is -0.377. The Morgan fingerprint density at radius 3 is 2.70 bits per heavy atom. The van der Waals surface area contributed by atoms with Crippen LogP contribution in [0.2, 0.25) is 10.0 Å². The Hall–Kier alpha value is -2.30. The number of halogens is 3. The highest BCUT2D eigenvalue weighted by atomic mass is 35.5. The second-order valence-corrected chi connectivity index (χ2v) is 7.33. The van der Waals surface area contributed by atoms with Gasteiger partial charge in [-0.1, -0.05) is 29.3 Å². The predicted octanol–water partition coefficient (Wildman–Crippen LogP) is 5.67. The minimum absolute atomic E-state index is 0.121. The SMILES string of the molecule is Fc1cc(Cl)ccc1COc1ccc(Cl)cc1CN1CCc2ccncc21. The van der Waals surface area contributed by atoms with E-state index in [9.17, 15) is 4.39 Å². The Morgan fingerprint density at radius 1 is 1.04 bits per heavy atom. The first-order chi connectivity index (χ1) is 13.1. The third kappa shape index (κ3) is 4.02. The Bertz CT molecular complexity index is 980. The molecule has 4 rings (SSSR count). The topological polar surface area (TPSA) is 25.4 Å². The van der Waals surface area contributed by atoms with Crippen LogP contribution in [0.4, 0.5) is 10.1 Å². The van der Waals surface area contributed by atoms with Crippen molar-refractivity contribution in [2.75, 3.05) is 11.4 Å². The molecule has 1 aliphatic heterocycles. The lowest BCUT2D eigenvalue weighted by atomic mass is 10.1. The summed E-state index contributed by atoms with van der Waals surface area (Å²) in [6.07, 6.45) is 4.69. The summed E-state index contributed by atoms with van der Waals surface area (Å²) < 4.78 is 19.9. The minimum Gasteiger partial charge on any atom is -0.488 e. The van der Waals surface area contributed by atoms with E-state index < -0.39 is 0 Å². The van der Waals surface area contributed by atoms with E-state index >= 15 is 0 Å². The van der Waals surface area contributed by atoms with Crippen molar-refractivity contribution in [2.45, 2.75) is 19.6 Å². The number of rotatable bonds is 5. The van der Waals surface area contributed by atoms with Crippen LogP contribution in [0.15, 0.2) is 54.9 Å². The molecule has 0 fully saturated rings. The van der Waals surface area contributed by atoms with Crippen molar-refractivity contribution in [2.24, 2.45) is 0 Å². The van der Waals surface area contributed by atoms with Crippen molar-refractivity contribution >= 4 is 28.9 Å². The molecule has 0 spiro atoms. The van der Waals surface area contributed by atoms with Gasteiger partial charge in [0.1, 0.15) is 18.2 Å². The zero-order chi connectivity index (χ0) is 18.8. The molecule has 3 aromatic rings. The zero-order valence-electron chi connectivity index (χ0n) is 14.5. The lowest BCUT2D eigenvalue weighted by Gasteiger charge is -2.21. The third-order valence-electron chi connectivity index (χ3n) is 4.66. The van der Waals surface area contributed by atoms with Crippen molar-refractivity contribution in [3.63, 3.8) is 0 Å². The fourth-order valence-electron chi connectivity index (χ4n) is 3.26. The van der Waals surface area contributed by atoms with Gasteiger partial charge in [0.05, 0.1) is 11.9 Å². The van der Waals surface area contributed by atoms with Gasteiger partial charge in [-0.2, -0.15) is 0 Å². The van der Waals surface area contributed by atoms with Gasteiger partial charge in [0.2, 0.25) is 0 Å². The molecule has 0 aliphatic carbocycles. The van der Waals surface area contributed by atoms with Gasteiger partial charge in [-0.3, -0.25) is 4.98 Å². The first kappa shape index (κ1) is 18.1. The van der Waals surface area contributed by atoms with E-state index in [2.05, 4.69) is 9.88 Å². The molecule has 0 N–H and O–H groups in total. The number of anilines is 1. The number of hydrogen-bond donors (Lipinski definition) is 0. The second kappa shape index (κ2) is 7.75. The molecule has 2 heterocycles. The number of nitrogens with zero attached hydrogens (tertiary/aromatic N) is 2. The van der Waals surface area contributed by atoms with Crippen molar-refractivity contribution < 1.29 is 9.13 Å². The molecule has 3 nitrogen and oxygen atoms in total. The summed E-state index contributed by atoms with van der Waals surface area (Å²) in [7, 11) is 0. The van der Waals surface area contributed by atoms with Gasteiger partial charge < -0.3 is 9.64 Å². The van der Waals surface area contributed by atoms with Gasteiger partial charge >= 0.3 is 0 Å². The van der Waals surface area contributed by atoms with Gasteiger partial charge in [0.25, 0.3) is 0 Å². The summed E-state index contributed by atoms with van der Waals surface area (Å²) in [4.78, 5) is 6.48. The summed E-state index contributed by atoms with van der Waals surface area (Å²) in [6.45, 7) is 1.69. The molecule has 138 valence electrons. The molecule has 0 unspecified atom stereocenters. The van der Waals surface area contributed by atoms with E-state index in [0.717, 1.165) is 24.2 Å². The van der Waals surface area contributed by atoms with Gasteiger partial charge in [-0.05, 0) is 48.4 Å². The molecule has 0 saturated carbocycles. The Labute approximate surface area is 167 Å². The largest absolute Gasteiger partial charge is 0.488 e. The molecule has 2 aromatic carbocycles. The number of pyridine rings is 1. The van der Waals surface area contributed by atoms with E-state index in [1.807, 2.05) is 30.6 Å². The number of ether oxygens (including phenoxy) is 1. The average molecular weight is 403 g/mol. The van der Waals surface area contributed by atoms with Crippen LogP contribution in [0, 0.1) is 5.82 Å². The molecule has 1 aliphatic rings. The maximum atomic E-state index is 14.0. The first-order valence-corrected chi connectivity index (χ1v) is 9.39. The molecule has 0 radical (unpaired) electrons. The number of hydrogen-bond acceptors (Lipinski definition) is 3. The molecule has 0 amide bonds. The number of benzene rings is 2. The second-order valence-electron chi connectivity index (χ2n) is 6.45. The maximum Gasteiger partial charge on any atom is 0.131 e. The summed E-state index contributed by atoms with van der Waals surface area (Å²) >= 11 is 12.0. The van der Waals surface area contributed by atoms with Gasteiger partial charge in [0.15, 0.2) is 0 Å². The van der Waals surface area contributed by atoms with Crippen LogP contribution in [-0.2, 0) is 19.6 Å². The van der Waals surface area contributed by atoms with E-state index in [-0.39, 0.29) is 12.4 Å². The number of aromatic nitrogens is 1. The standard InChI is InChI=1S/C21H17Cl2FN2O/c22-17-3-4-21(27-13-15-1-2-18(23)10-19(15)24)16(9-17)12-26-8-6-14-5-7-25-11-20(14)26/h1-5,7,9-11H,6,8,12-13H2. The van der Waals surface area contributed by atoms with E-state index in [1.54, 1.807) is 18.2 Å². The fourth-order valence-corrected chi connectivity index (χ4v) is 3.62. The molecule has 27 heavy (non-hydrogen) atoms. The molecular weight excluding hydrogens is 386 g/mol. The predicted molar refractivity (Wildman–Crippen MR) is 106 cm³/mol. The van der Waals surface area contributed by atoms with Crippen LogP contribution in [0.5, 0.6) is 5.75 Å². The Kier molecular flexibility index (Phi) is 5.19. The Morgan fingerprint density at radius 2 is 1.85 bits per heavy atom. The van der Waals surface area contributed by atoms with Crippen molar-refractivity contribution in [3.05, 3.63) is 87.4 Å². The highest BCUT2D eigenvalue weighted by Gasteiger charge is 2.20. The van der Waals surface area contributed by atoms with Crippen LogP contribution in [0.3, 0.4) is 0 Å². The highest BCUT2D eigenvalue weighted by Crippen LogP contribution is 2.32. The molecule has 0 bridgehead atoms. The van der Waals surface area contributed by atoms with Crippen molar-refractivity contribution in [1.82, 2.24) is 4.98 Å². The summed E-state index contributed by atoms with van der Waals surface area (Å²) in [5.74, 6) is 0.309. The maximum absolute atomic E-state index is 14.0. The monoisotopic (exact) mass is 402 g/mol. The Balaban J connectivity index is 1.54. The zero-order valence-corrected chi connectivity index (χ0v) is 16.0. The smallest absolute Gasteiger partial charge is 0.131 e. The first-order valence-electron chi connectivity index (χ1n) is 8.63. The lowest BCUT2D eigenvalue weighted by molar-refractivity contribution is 0.296. The van der Waals surface area contributed by atoms with E-state index in [0.29, 0.717) is 27.9 Å². The number of fused-ring (bicyclic) bond motifs is 1. The average Bonchev–Trinajstić information content (AvgIpc) is 3.05. The molecule has 6 heteroatoms. The van der Waals surface area contributed by atoms with Crippen LogP contribution < -0.4 is 9.64 Å². The van der Waals surface area contributed by atoms with Crippen molar-refractivity contribution in [3.8, 4) is 5.75 Å². The van der Waals surface area contributed by atoms with Crippen LogP contribution >= 0.6 is 23.2 Å². The molecule has 0 saturated heterocycles. The van der Waals surface area contributed by atoms with Crippen LogP contribution in [0.1, 0.15) is 16.7 Å². The van der Waals surface area contributed by atoms with Gasteiger partial charge in [-0.15, -0.1) is 0 Å². The third-order valence-corrected chi connectivity index (χ3v) is 5.13. The van der Waals surface area contributed by atoms with Gasteiger partial charge in [0, 0.05) is 40.5 Å². The fraction of sp³-hybridized carbons (Fsp3) is 0.190. The lowest BCUT2D eigenvalue weighted by Crippen LogP contribution is -2.20. The molecule has 1 aromatic heterocycles. The summed E-state index contributed by atoms with van der Waals surface area (Å²) in [5.41, 5.74) is 3.83.